The molecular weight excluding hydrogens is 288 g/mol. The number of carbonyl (C=O) groups excluding carboxylic acids is 2. The van der Waals surface area contributed by atoms with Crippen LogP contribution < -0.4 is 10.2 Å². The number of rotatable bonds is 3. The lowest BCUT2D eigenvalue weighted by Gasteiger charge is -2.16. The van der Waals surface area contributed by atoms with Crippen molar-refractivity contribution in [3.63, 3.8) is 0 Å². The van der Waals surface area contributed by atoms with Crippen molar-refractivity contribution >= 4 is 34.0 Å². The van der Waals surface area contributed by atoms with Gasteiger partial charge in [0, 0.05) is 18.7 Å². The summed E-state index contributed by atoms with van der Waals surface area (Å²) < 4.78 is 0. The molecule has 2 amide bonds. The summed E-state index contributed by atoms with van der Waals surface area (Å²) >= 11 is 1.26. The number of anilines is 2. The Bertz CT molecular complexity index is 654. The summed E-state index contributed by atoms with van der Waals surface area (Å²) in [5.74, 6) is -0.575. The van der Waals surface area contributed by atoms with Gasteiger partial charge in [-0.2, -0.15) is 0 Å². The maximum absolute atomic E-state index is 12.1. The van der Waals surface area contributed by atoms with Crippen LogP contribution in [0.5, 0.6) is 0 Å². The van der Waals surface area contributed by atoms with Gasteiger partial charge in [0.05, 0.1) is 5.92 Å². The average Bonchev–Trinajstić information content (AvgIpc) is 3.09. The van der Waals surface area contributed by atoms with Crippen LogP contribution in [0.25, 0.3) is 0 Å². The van der Waals surface area contributed by atoms with Gasteiger partial charge in [0.15, 0.2) is 0 Å². The van der Waals surface area contributed by atoms with Crippen molar-refractivity contribution in [3.05, 3.63) is 35.3 Å². The highest BCUT2D eigenvalue weighted by atomic mass is 32.1. The van der Waals surface area contributed by atoms with Crippen LogP contribution in [0.1, 0.15) is 12.0 Å². The van der Waals surface area contributed by atoms with Crippen LogP contribution in [0.3, 0.4) is 0 Å². The largest absolute Gasteiger partial charge is 0.312 e. The van der Waals surface area contributed by atoms with E-state index in [0.717, 1.165) is 11.3 Å². The third-order valence-corrected chi connectivity index (χ3v) is 4.04. The number of aryl methyl sites for hydroxylation is 1. The van der Waals surface area contributed by atoms with Gasteiger partial charge in [0.25, 0.3) is 0 Å². The van der Waals surface area contributed by atoms with Crippen LogP contribution >= 0.6 is 11.3 Å². The van der Waals surface area contributed by atoms with E-state index >= 15 is 0 Å². The molecule has 0 spiro atoms. The third kappa shape index (κ3) is 2.92. The van der Waals surface area contributed by atoms with E-state index in [1.165, 1.54) is 11.3 Å². The van der Waals surface area contributed by atoms with Gasteiger partial charge >= 0.3 is 0 Å². The summed E-state index contributed by atoms with van der Waals surface area (Å²) in [6.45, 7) is 2.39. The molecule has 0 radical (unpaired) electrons. The lowest BCUT2D eigenvalue weighted by molar-refractivity contribution is -0.122. The Morgan fingerprint density at radius 1 is 1.38 bits per heavy atom. The second-order valence-corrected chi connectivity index (χ2v) is 5.81. The summed E-state index contributed by atoms with van der Waals surface area (Å²) in [5, 5.41) is 10.6. The number of amides is 2. The van der Waals surface area contributed by atoms with E-state index < -0.39 is 0 Å². The zero-order valence-corrected chi connectivity index (χ0v) is 12.3. The van der Waals surface area contributed by atoms with E-state index in [9.17, 15) is 9.59 Å². The molecule has 7 heteroatoms. The van der Waals surface area contributed by atoms with Crippen molar-refractivity contribution in [1.29, 1.82) is 0 Å². The second-order valence-electron chi connectivity index (χ2n) is 4.97. The Balaban J connectivity index is 1.69. The molecule has 6 nitrogen and oxygen atoms in total. The molecule has 1 saturated heterocycles. The highest BCUT2D eigenvalue weighted by Crippen LogP contribution is 2.26. The Kier molecular flexibility index (Phi) is 3.66. The first kappa shape index (κ1) is 13.7. The first-order valence-corrected chi connectivity index (χ1v) is 7.45. The van der Waals surface area contributed by atoms with Crippen molar-refractivity contribution in [1.82, 2.24) is 10.2 Å². The maximum atomic E-state index is 12.1. The van der Waals surface area contributed by atoms with Crippen molar-refractivity contribution < 1.29 is 9.59 Å². The third-order valence-electron chi connectivity index (χ3n) is 3.43. The number of carbonyl (C=O) groups is 2. The zero-order chi connectivity index (χ0) is 14.8. The van der Waals surface area contributed by atoms with Crippen LogP contribution in [0, 0.1) is 12.8 Å². The molecule has 0 aliphatic carbocycles. The van der Waals surface area contributed by atoms with E-state index in [-0.39, 0.29) is 24.2 Å². The van der Waals surface area contributed by atoms with Gasteiger partial charge in [-0.15, -0.1) is 10.2 Å². The van der Waals surface area contributed by atoms with Crippen molar-refractivity contribution in [3.8, 4) is 0 Å². The predicted molar refractivity (Wildman–Crippen MR) is 80.2 cm³/mol. The molecule has 1 aromatic heterocycles. The lowest BCUT2D eigenvalue weighted by Crippen LogP contribution is -2.28. The van der Waals surface area contributed by atoms with E-state index in [4.69, 9.17) is 0 Å². The summed E-state index contributed by atoms with van der Waals surface area (Å²) in [7, 11) is 0. The quantitative estimate of drug-likeness (QED) is 0.938. The standard InChI is InChI=1S/C14H14N4O2S/c1-9-2-4-11(5-3-9)18-7-10(6-12(18)19)13(20)16-14-17-15-8-21-14/h2-5,8,10H,6-7H2,1H3,(H,16,17,20)/t10-/m0/s1. The minimum atomic E-state index is -0.359. The van der Waals surface area contributed by atoms with Gasteiger partial charge in [-0.1, -0.05) is 29.0 Å². The number of aromatic nitrogens is 2. The molecule has 108 valence electrons. The SMILES string of the molecule is Cc1ccc(N2C[C@@H](C(=O)Nc3nncs3)CC2=O)cc1. The summed E-state index contributed by atoms with van der Waals surface area (Å²) in [6.07, 6.45) is 0.221. The smallest absolute Gasteiger partial charge is 0.231 e. The topological polar surface area (TPSA) is 75.2 Å². The Labute approximate surface area is 125 Å². The van der Waals surface area contributed by atoms with Gasteiger partial charge < -0.3 is 10.2 Å². The summed E-state index contributed by atoms with van der Waals surface area (Å²) in [5.41, 5.74) is 3.52. The van der Waals surface area contributed by atoms with Crippen LogP contribution in [0.15, 0.2) is 29.8 Å². The van der Waals surface area contributed by atoms with Gasteiger partial charge in [-0.25, -0.2) is 0 Å². The molecule has 21 heavy (non-hydrogen) atoms. The molecule has 0 bridgehead atoms. The highest BCUT2D eigenvalue weighted by molar-refractivity contribution is 7.13. The number of nitrogens with one attached hydrogen (secondary N) is 1. The molecule has 1 atom stereocenters. The van der Waals surface area contributed by atoms with E-state index in [1.807, 2.05) is 31.2 Å². The van der Waals surface area contributed by atoms with Crippen molar-refractivity contribution in [2.24, 2.45) is 5.92 Å². The number of nitrogens with zero attached hydrogens (tertiary/aromatic N) is 3. The van der Waals surface area contributed by atoms with Gasteiger partial charge in [-0.3, -0.25) is 9.59 Å². The van der Waals surface area contributed by atoms with Crippen molar-refractivity contribution in [2.45, 2.75) is 13.3 Å². The molecule has 1 aliphatic rings. The second kappa shape index (κ2) is 5.61. The van der Waals surface area contributed by atoms with Crippen LogP contribution in [0.4, 0.5) is 10.8 Å². The van der Waals surface area contributed by atoms with Gasteiger partial charge in [-0.05, 0) is 19.1 Å². The monoisotopic (exact) mass is 302 g/mol. The number of hydrogen-bond acceptors (Lipinski definition) is 5. The van der Waals surface area contributed by atoms with Gasteiger partial charge in [0.1, 0.15) is 5.51 Å². The van der Waals surface area contributed by atoms with Crippen LogP contribution in [0.2, 0.25) is 0 Å². The first-order valence-electron chi connectivity index (χ1n) is 6.57. The van der Waals surface area contributed by atoms with Crippen LogP contribution in [-0.4, -0.2) is 28.6 Å². The normalized spacial score (nSPS) is 18.0. The van der Waals surface area contributed by atoms with Crippen LogP contribution in [-0.2, 0) is 9.59 Å². The van der Waals surface area contributed by atoms with Gasteiger partial charge in [0.2, 0.25) is 16.9 Å². The fourth-order valence-electron chi connectivity index (χ4n) is 2.29. The summed E-state index contributed by atoms with van der Waals surface area (Å²) in [6, 6.07) is 7.71. The Morgan fingerprint density at radius 3 is 2.81 bits per heavy atom. The van der Waals surface area contributed by atoms with E-state index in [1.54, 1.807) is 10.4 Å². The first-order chi connectivity index (χ1) is 10.1. The molecule has 0 unspecified atom stereocenters. The maximum Gasteiger partial charge on any atom is 0.231 e. The molecule has 0 saturated carbocycles. The molecule has 2 aromatic rings. The molecule has 1 N–H and O–H groups in total. The molecule has 1 aliphatic heterocycles. The molecule has 2 heterocycles. The molecular formula is C14H14N4O2S. The van der Waals surface area contributed by atoms with E-state index in [0.29, 0.717) is 11.7 Å². The number of hydrogen-bond donors (Lipinski definition) is 1. The Morgan fingerprint density at radius 2 is 2.14 bits per heavy atom. The fraction of sp³-hybridized carbons (Fsp3) is 0.286. The number of benzene rings is 1. The fourth-order valence-corrected chi connectivity index (χ4v) is 2.74. The lowest BCUT2D eigenvalue weighted by atomic mass is 10.1. The average molecular weight is 302 g/mol. The predicted octanol–water partition coefficient (Wildman–Crippen LogP) is 1.84. The minimum absolute atomic E-state index is 0.0312. The highest BCUT2D eigenvalue weighted by Gasteiger charge is 2.35. The molecule has 3 rings (SSSR count). The minimum Gasteiger partial charge on any atom is -0.312 e. The van der Waals surface area contributed by atoms with Crippen molar-refractivity contribution in [2.75, 3.05) is 16.8 Å². The molecule has 1 fully saturated rings. The summed E-state index contributed by atoms with van der Waals surface area (Å²) in [4.78, 5) is 25.9. The van der Waals surface area contributed by atoms with E-state index in [2.05, 4.69) is 15.5 Å². The molecule has 1 aromatic carbocycles. The Hall–Kier alpha value is -2.28. The zero-order valence-electron chi connectivity index (χ0n) is 11.4.